The zero-order chi connectivity index (χ0) is 17.7. The van der Waals surface area contributed by atoms with Crippen molar-refractivity contribution >= 4 is 29.2 Å². The lowest BCUT2D eigenvalue weighted by molar-refractivity contribution is -0.122. The predicted molar refractivity (Wildman–Crippen MR) is 92.7 cm³/mol. The number of hydrogen-bond acceptors (Lipinski definition) is 4. The van der Waals surface area contributed by atoms with Gasteiger partial charge in [0.2, 0.25) is 0 Å². The minimum Gasteiger partial charge on any atom is -0.481 e. The Labute approximate surface area is 145 Å². The molecule has 1 atom stereocenters. The molecule has 0 aliphatic rings. The topological polar surface area (TPSA) is 64.6 Å². The summed E-state index contributed by atoms with van der Waals surface area (Å²) in [7, 11) is 1.27. The molecule has 2 rings (SSSR count). The number of amides is 1. The minimum atomic E-state index is -0.705. The van der Waals surface area contributed by atoms with Crippen molar-refractivity contribution < 1.29 is 19.1 Å². The highest BCUT2D eigenvalue weighted by molar-refractivity contribution is 6.33. The molecule has 2 aromatic carbocycles. The maximum absolute atomic E-state index is 12.3. The van der Waals surface area contributed by atoms with E-state index in [4.69, 9.17) is 16.3 Å². The van der Waals surface area contributed by atoms with Crippen molar-refractivity contribution in [3.8, 4) is 5.75 Å². The highest BCUT2D eigenvalue weighted by atomic mass is 35.5. The highest BCUT2D eigenvalue weighted by Crippen LogP contribution is 2.22. The molecule has 1 amide bonds. The molecule has 0 unspecified atom stereocenters. The van der Waals surface area contributed by atoms with E-state index < -0.39 is 12.1 Å². The van der Waals surface area contributed by atoms with Crippen molar-refractivity contribution in [2.45, 2.75) is 20.0 Å². The molecule has 0 radical (unpaired) electrons. The van der Waals surface area contributed by atoms with E-state index >= 15 is 0 Å². The van der Waals surface area contributed by atoms with Gasteiger partial charge in [0.25, 0.3) is 5.91 Å². The lowest BCUT2D eigenvalue weighted by atomic mass is 10.2. The van der Waals surface area contributed by atoms with Gasteiger partial charge >= 0.3 is 5.97 Å². The number of methoxy groups -OCH3 is 1. The third-order valence-corrected chi connectivity index (χ3v) is 3.74. The van der Waals surface area contributed by atoms with E-state index in [-0.39, 0.29) is 16.5 Å². The monoisotopic (exact) mass is 347 g/mol. The number of halogens is 1. The van der Waals surface area contributed by atoms with Crippen molar-refractivity contribution in [1.29, 1.82) is 0 Å². The second-order valence-corrected chi connectivity index (χ2v) is 5.61. The van der Waals surface area contributed by atoms with Crippen LogP contribution in [0.1, 0.15) is 22.8 Å². The number of para-hydroxylation sites is 1. The SMILES string of the molecule is COC(=O)c1cc(NC(=O)[C@H](C)Oc2ccccc2C)ccc1Cl. The second-order valence-electron chi connectivity index (χ2n) is 5.20. The second kappa shape index (κ2) is 7.84. The Bertz CT molecular complexity index is 760. The molecule has 126 valence electrons. The van der Waals surface area contributed by atoms with E-state index in [0.29, 0.717) is 11.4 Å². The normalized spacial score (nSPS) is 11.5. The molecule has 0 aliphatic heterocycles. The summed E-state index contributed by atoms with van der Waals surface area (Å²) in [4.78, 5) is 23.9. The Morgan fingerprint density at radius 2 is 1.88 bits per heavy atom. The molecule has 0 aromatic heterocycles. The number of ether oxygens (including phenoxy) is 2. The zero-order valence-electron chi connectivity index (χ0n) is 13.6. The molecule has 0 bridgehead atoms. The van der Waals surface area contributed by atoms with Gasteiger partial charge in [0.1, 0.15) is 5.75 Å². The predicted octanol–water partition coefficient (Wildman–Crippen LogP) is 3.84. The van der Waals surface area contributed by atoms with Gasteiger partial charge in [0, 0.05) is 5.69 Å². The summed E-state index contributed by atoms with van der Waals surface area (Å²) in [5, 5.41) is 2.95. The van der Waals surface area contributed by atoms with Crippen molar-refractivity contribution in [2.75, 3.05) is 12.4 Å². The van der Waals surface area contributed by atoms with Crippen LogP contribution in [0.15, 0.2) is 42.5 Å². The van der Waals surface area contributed by atoms with Crippen LogP contribution in [0.3, 0.4) is 0 Å². The molecule has 0 heterocycles. The quantitative estimate of drug-likeness (QED) is 0.834. The Kier molecular flexibility index (Phi) is 5.82. The first-order valence-corrected chi connectivity index (χ1v) is 7.71. The molecule has 24 heavy (non-hydrogen) atoms. The molecular formula is C18H18ClNO4. The van der Waals surface area contributed by atoms with E-state index in [0.717, 1.165) is 5.56 Å². The van der Waals surface area contributed by atoms with Gasteiger partial charge in [-0.25, -0.2) is 4.79 Å². The number of carbonyl (C=O) groups excluding carboxylic acids is 2. The van der Waals surface area contributed by atoms with Crippen LogP contribution in [0.4, 0.5) is 5.69 Å². The van der Waals surface area contributed by atoms with Gasteiger partial charge in [-0.05, 0) is 43.7 Å². The highest BCUT2D eigenvalue weighted by Gasteiger charge is 2.17. The molecule has 2 aromatic rings. The van der Waals surface area contributed by atoms with Gasteiger partial charge in [0.05, 0.1) is 17.7 Å². The van der Waals surface area contributed by atoms with Gasteiger partial charge < -0.3 is 14.8 Å². The first-order valence-electron chi connectivity index (χ1n) is 7.33. The summed E-state index contributed by atoms with van der Waals surface area (Å²) in [5.41, 5.74) is 1.56. The zero-order valence-corrected chi connectivity index (χ0v) is 14.4. The lowest BCUT2D eigenvalue weighted by Crippen LogP contribution is -2.30. The summed E-state index contributed by atoms with van der Waals surface area (Å²) in [6.07, 6.45) is -0.705. The third kappa shape index (κ3) is 4.26. The van der Waals surface area contributed by atoms with E-state index in [1.807, 2.05) is 25.1 Å². The van der Waals surface area contributed by atoms with E-state index in [9.17, 15) is 9.59 Å². The average Bonchev–Trinajstić information content (AvgIpc) is 2.57. The number of hydrogen-bond donors (Lipinski definition) is 1. The number of nitrogens with one attached hydrogen (secondary N) is 1. The molecule has 0 saturated heterocycles. The van der Waals surface area contributed by atoms with Gasteiger partial charge in [0.15, 0.2) is 6.10 Å². The number of benzene rings is 2. The third-order valence-electron chi connectivity index (χ3n) is 3.41. The number of carbonyl (C=O) groups is 2. The van der Waals surface area contributed by atoms with E-state index in [1.54, 1.807) is 19.1 Å². The Morgan fingerprint density at radius 3 is 2.54 bits per heavy atom. The van der Waals surface area contributed by atoms with Gasteiger partial charge in [-0.1, -0.05) is 29.8 Å². The molecule has 0 aliphatic carbocycles. The standard InChI is InChI=1S/C18H18ClNO4/c1-11-6-4-5-7-16(11)24-12(2)17(21)20-13-8-9-15(19)14(10-13)18(22)23-3/h4-10,12H,1-3H3,(H,20,21)/t12-/m0/s1. The first-order chi connectivity index (χ1) is 11.4. The molecule has 1 N–H and O–H groups in total. The Balaban J connectivity index is 2.09. The Hall–Kier alpha value is -2.53. The number of esters is 1. The maximum atomic E-state index is 12.3. The summed E-state index contributed by atoms with van der Waals surface area (Å²) in [6, 6.07) is 12.0. The van der Waals surface area contributed by atoms with Gasteiger partial charge in [-0.2, -0.15) is 0 Å². The molecule has 0 saturated carbocycles. The molecule has 6 heteroatoms. The van der Waals surface area contributed by atoms with E-state index in [2.05, 4.69) is 10.1 Å². The minimum absolute atomic E-state index is 0.185. The first kappa shape index (κ1) is 17.8. The van der Waals surface area contributed by atoms with Gasteiger partial charge in [-0.3, -0.25) is 4.79 Å². The number of aryl methyl sites for hydroxylation is 1. The van der Waals surface area contributed by atoms with Crippen LogP contribution >= 0.6 is 11.6 Å². The number of anilines is 1. The van der Waals surface area contributed by atoms with Crippen LogP contribution in [0.5, 0.6) is 5.75 Å². The van der Waals surface area contributed by atoms with Crippen molar-refractivity contribution in [1.82, 2.24) is 0 Å². The van der Waals surface area contributed by atoms with Crippen LogP contribution in [-0.4, -0.2) is 25.1 Å². The number of rotatable bonds is 5. The Morgan fingerprint density at radius 1 is 1.17 bits per heavy atom. The summed E-state index contributed by atoms with van der Waals surface area (Å²) in [5.74, 6) is -0.261. The van der Waals surface area contributed by atoms with Crippen molar-refractivity contribution in [3.63, 3.8) is 0 Å². The largest absolute Gasteiger partial charge is 0.481 e. The average molecular weight is 348 g/mol. The van der Waals surface area contributed by atoms with Gasteiger partial charge in [-0.15, -0.1) is 0 Å². The fourth-order valence-electron chi connectivity index (χ4n) is 2.05. The van der Waals surface area contributed by atoms with Crippen LogP contribution < -0.4 is 10.1 Å². The molecule has 0 spiro atoms. The maximum Gasteiger partial charge on any atom is 0.339 e. The van der Waals surface area contributed by atoms with Crippen LogP contribution in [-0.2, 0) is 9.53 Å². The molecule has 5 nitrogen and oxygen atoms in total. The summed E-state index contributed by atoms with van der Waals surface area (Å²) >= 11 is 5.96. The van der Waals surface area contributed by atoms with E-state index in [1.165, 1.54) is 19.2 Å². The van der Waals surface area contributed by atoms with Crippen LogP contribution in [0.25, 0.3) is 0 Å². The van der Waals surface area contributed by atoms with Crippen molar-refractivity contribution in [3.05, 3.63) is 58.6 Å². The van der Waals surface area contributed by atoms with Crippen LogP contribution in [0, 0.1) is 6.92 Å². The smallest absolute Gasteiger partial charge is 0.339 e. The molecular weight excluding hydrogens is 330 g/mol. The fourth-order valence-corrected chi connectivity index (χ4v) is 2.24. The lowest BCUT2D eigenvalue weighted by Gasteiger charge is -2.16. The van der Waals surface area contributed by atoms with Crippen LogP contribution in [0.2, 0.25) is 5.02 Å². The summed E-state index contributed by atoms with van der Waals surface area (Å²) in [6.45, 7) is 3.56. The molecule has 0 fully saturated rings. The fraction of sp³-hybridized carbons (Fsp3) is 0.222. The summed E-state index contributed by atoms with van der Waals surface area (Å²) < 4.78 is 10.3. The van der Waals surface area contributed by atoms with Crippen molar-refractivity contribution in [2.24, 2.45) is 0 Å².